The third-order valence-corrected chi connectivity index (χ3v) is 4.12. The van der Waals surface area contributed by atoms with Crippen molar-refractivity contribution in [3.8, 4) is 5.75 Å². The molecule has 102 valence electrons. The molecule has 0 aliphatic carbocycles. The SMILES string of the molecule is CCCOc1cc(N)cc(NCc2ccc(Br)s2)c1. The Morgan fingerprint density at radius 2 is 2.16 bits per heavy atom. The van der Waals surface area contributed by atoms with Gasteiger partial charge >= 0.3 is 0 Å². The van der Waals surface area contributed by atoms with Crippen LogP contribution in [0, 0.1) is 0 Å². The van der Waals surface area contributed by atoms with Crippen LogP contribution in [0.5, 0.6) is 5.75 Å². The molecule has 1 aromatic heterocycles. The molecule has 0 bridgehead atoms. The smallest absolute Gasteiger partial charge is 0.123 e. The fourth-order valence-electron chi connectivity index (χ4n) is 1.66. The van der Waals surface area contributed by atoms with Gasteiger partial charge in [0.1, 0.15) is 5.75 Å². The van der Waals surface area contributed by atoms with E-state index in [9.17, 15) is 0 Å². The molecular formula is C14H17BrN2OS. The lowest BCUT2D eigenvalue weighted by atomic mass is 10.2. The largest absolute Gasteiger partial charge is 0.493 e. The van der Waals surface area contributed by atoms with Crippen LogP contribution in [-0.4, -0.2) is 6.61 Å². The first-order valence-electron chi connectivity index (χ1n) is 6.19. The highest BCUT2D eigenvalue weighted by Crippen LogP contribution is 2.25. The number of rotatable bonds is 6. The Bertz CT molecular complexity index is 542. The zero-order valence-electron chi connectivity index (χ0n) is 10.8. The van der Waals surface area contributed by atoms with Crippen molar-refractivity contribution in [1.82, 2.24) is 0 Å². The number of nitrogens with two attached hydrogens (primary N) is 1. The van der Waals surface area contributed by atoms with E-state index in [0.29, 0.717) is 12.3 Å². The molecular weight excluding hydrogens is 324 g/mol. The van der Waals surface area contributed by atoms with Crippen molar-refractivity contribution in [2.75, 3.05) is 17.7 Å². The zero-order valence-corrected chi connectivity index (χ0v) is 13.2. The van der Waals surface area contributed by atoms with Crippen LogP contribution in [0.25, 0.3) is 0 Å². The lowest BCUT2D eigenvalue weighted by molar-refractivity contribution is 0.318. The molecule has 0 saturated heterocycles. The Balaban J connectivity index is 2.01. The summed E-state index contributed by atoms with van der Waals surface area (Å²) < 4.78 is 6.75. The number of benzene rings is 1. The minimum absolute atomic E-state index is 0.709. The van der Waals surface area contributed by atoms with Crippen LogP contribution in [-0.2, 0) is 6.54 Å². The fourth-order valence-corrected chi connectivity index (χ4v) is 3.09. The Hall–Kier alpha value is -1.20. The number of nitrogen functional groups attached to an aromatic ring is 1. The van der Waals surface area contributed by atoms with E-state index in [-0.39, 0.29) is 0 Å². The van der Waals surface area contributed by atoms with E-state index in [4.69, 9.17) is 10.5 Å². The second-order valence-electron chi connectivity index (χ2n) is 4.20. The summed E-state index contributed by atoms with van der Waals surface area (Å²) in [6, 6.07) is 9.90. The molecule has 0 atom stereocenters. The average Bonchev–Trinajstić information content (AvgIpc) is 2.79. The summed E-state index contributed by atoms with van der Waals surface area (Å²) in [7, 11) is 0. The third-order valence-electron chi connectivity index (χ3n) is 2.50. The number of ether oxygens (including phenoxy) is 1. The molecule has 0 spiro atoms. The van der Waals surface area contributed by atoms with E-state index in [1.54, 1.807) is 11.3 Å². The van der Waals surface area contributed by atoms with Crippen molar-refractivity contribution < 1.29 is 4.74 Å². The maximum absolute atomic E-state index is 5.88. The summed E-state index contributed by atoms with van der Waals surface area (Å²) in [5.74, 6) is 0.816. The molecule has 0 aliphatic rings. The molecule has 3 N–H and O–H groups in total. The van der Waals surface area contributed by atoms with Crippen molar-refractivity contribution in [3.05, 3.63) is 39.0 Å². The minimum Gasteiger partial charge on any atom is -0.493 e. The van der Waals surface area contributed by atoms with Crippen molar-refractivity contribution in [2.45, 2.75) is 19.9 Å². The van der Waals surface area contributed by atoms with Gasteiger partial charge in [-0.3, -0.25) is 0 Å². The van der Waals surface area contributed by atoms with Gasteiger partial charge < -0.3 is 15.8 Å². The van der Waals surface area contributed by atoms with Crippen LogP contribution in [0.3, 0.4) is 0 Å². The maximum Gasteiger partial charge on any atom is 0.123 e. The van der Waals surface area contributed by atoms with E-state index in [0.717, 1.165) is 28.2 Å². The van der Waals surface area contributed by atoms with Crippen LogP contribution in [0.1, 0.15) is 18.2 Å². The first-order chi connectivity index (χ1) is 9.17. The molecule has 0 radical (unpaired) electrons. The summed E-state index contributed by atoms with van der Waals surface area (Å²) in [5, 5.41) is 3.36. The molecule has 1 aromatic carbocycles. The second kappa shape index (κ2) is 6.82. The average molecular weight is 341 g/mol. The molecule has 19 heavy (non-hydrogen) atoms. The zero-order chi connectivity index (χ0) is 13.7. The van der Waals surface area contributed by atoms with E-state index in [1.807, 2.05) is 18.2 Å². The van der Waals surface area contributed by atoms with Gasteiger partial charge in [0, 0.05) is 34.9 Å². The highest BCUT2D eigenvalue weighted by molar-refractivity contribution is 9.11. The first kappa shape index (κ1) is 14.2. The lowest BCUT2D eigenvalue weighted by Gasteiger charge is -2.10. The quantitative estimate of drug-likeness (QED) is 0.761. The normalized spacial score (nSPS) is 10.4. The highest BCUT2D eigenvalue weighted by Gasteiger charge is 2.02. The van der Waals surface area contributed by atoms with Gasteiger partial charge in [-0.2, -0.15) is 0 Å². The van der Waals surface area contributed by atoms with Crippen LogP contribution >= 0.6 is 27.3 Å². The number of halogens is 1. The molecule has 2 rings (SSSR count). The van der Waals surface area contributed by atoms with Crippen LogP contribution < -0.4 is 15.8 Å². The molecule has 3 nitrogen and oxygen atoms in total. The summed E-state index contributed by atoms with van der Waals surface area (Å²) in [6.07, 6.45) is 0.987. The van der Waals surface area contributed by atoms with Crippen LogP contribution in [0.15, 0.2) is 34.1 Å². The number of anilines is 2. The maximum atomic E-state index is 5.88. The minimum atomic E-state index is 0.709. The summed E-state index contributed by atoms with van der Waals surface area (Å²) in [5.41, 5.74) is 7.57. The van der Waals surface area contributed by atoms with Gasteiger partial charge in [-0.05, 0) is 40.5 Å². The van der Waals surface area contributed by atoms with Gasteiger partial charge in [-0.1, -0.05) is 6.92 Å². The van der Waals surface area contributed by atoms with Crippen molar-refractivity contribution in [2.24, 2.45) is 0 Å². The van der Waals surface area contributed by atoms with Crippen molar-refractivity contribution in [3.63, 3.8) is 0 Å². The van der Waals surface area contributed by atoms with E-state index in [1.165, 1.54) is 4.88 Å². The highest BCUT2D eigenvalue weighted by atomic mass is 79.9. The number of hydrogen-bond acceptors (Lipinski definition) is 4. The van der Waals surface area contributed by atoms with Crippen LogP contribution in [0.4, 0.5) is 11.4 Å². The monoisotopic (exact) mass is 340 g/mol. The second-order valence-corrected chi connectivity index (χ2v) is 6.75. The summed E-state index contributed by atoms with van der Waals surface area (Å²) >= 11 is 5.18. The van der Waals surface area contributed by atoms with Crippen molar-refractivity contribution >= 4 is 38.6 Å². The van der Waals surface area contributed by atoms with Gasteiger partial charge in [0.25, 0.3) is 0 Å². The number of thiophene rings is 1. The molecule has 0 aliphatic heterocycles. The Morgan fingerprint density at radius 3 is 2.84 bits per heavy atom. The molecule has 0 unspecified atom stereocenters. The molecule has 1 heterocycles. The predicted molar refractivity (Wildman–Crippen MR) is 86.0 cm³/mol. The molecule has 0 saturated carbocycles. The Kier molecular flexibility index (Phi) is 5.10. The molecule has 0 amide bonds. The van der Waals surface area contributed by atoms with E-state index >= 15 is 0 Å². The lowest BCUT2D eigenvalue weighted by Crippen LogP contribution is -2.01. The Labute approximate surface area is 125 Å². The van der Waals surface area contributed by atoms with E-state index < -0.39 is 0 Å². The first-order valence-corrected chi connectivity index (χ1v) is 7.80. The molecule has 0 fully saturated rings. The van der Waals surface area contributed by atoms with Gasteiger partial charge in [-0.25, -0.2) is 0 Å². The fraction of sp³-hybridized carbons (Fsp3) is 0.286. The molecule has 2 aromatic rings. The third kappa shape index (κ3) is 4.44. The number of nitrogens with one attached hydrogen (secondary N) is 1. The van der Waals surface area contributed by atoms with Crippen LogP contribution in [0.2, 0.25) is 0 Å². The summed E-state index contributed by atoms with van der Waals surface area (Å²) in [6.45, 7) is 3.58. The van der Waals surface area contributed by atoms with Gasteiger partial charge in [-0.15, -0.1) is 11.3 Å². The Morgan fingerprint density at radius 1 is 1.32 bits per heavy atom. The number of hydrogen-bond donors (Lipinski definition) is 2. The van der Waals surface area contributed by atoms with Gasteiger partial charge in [0.05, 0.1) is 10.4 Å². The topological polar surface area (TPSA) is 47.3 Å². The summed E-state index contributed by atoms with van der Waals surface area (Å²) in [4.78, 5) is 1.27. The predicted octanol–water partition coefficient (Wildman–Crippen LogP) is 4.49. The van der Waals surface area contributed by atoms with E-state index in [2.05, 4.69) is 40.3 Å². The standard InChI is InChI=1S/C14H17BrN2OS/c1-2-5-18-12-7-10(16)6-11(8-12)17-9-13-3-4-14(15)19-13/h3-4,6-8,17H,2,5,9,16H2,1H3. The van der Waals surface area contributed by atoms with Gasteiger partial charge in [0.2, 0.25) is 0 Å². The molecule has 5 heteroatoms. The van der Waals surface area contributed by atoms with Crippen molar-refractivity contribution in [1.29, 1.82) is 0 Å². The van der Waals surface area contributed by atoms with Gasteiger partial charge in [0.15, 0.2) is 0 Å².